The Hall–Kier alpha value is -2.73. The molecule has 0 saturated heterocycles. The summed E-state index contributed by atoms with van der Waals surface area (Å²) in [4.78, 5) is 24.2. The van der Waals surface area contributed by atoms with Gasteiger partial charge in [0.05, 0.1) is 24.2 Å². The number of carbonyl (C=O) groups excluding carboxylic acids is 2. The van der Waals surface area contributed by atoms with Crippen LogP contribution in [0, 0.1) is 0 Å². The molecule has 0 aliphatic heterocycles. The van der Waals surface area contributed by atoms with E-state index in [0.29, 0.717) is 28.6 Å². The van der Waals surface area contributed by atoms with E-state index in [2.05, 4.69) is 10.6 Å². The predicted molar refractivity (Wildman–Crippen MR) is 99.9 cm³/mol. The van der Waals surface area contributed by atoms with Crippen LogP contribution in [0.25, 0.3) is 0 Å². The highest BCUT2D eigenvalue weighted by Crippen LogP contribution is 2.25. The minimum atomic E-state index is -0.704. The number of hydrogen-bond donors (Lipinski definition) is 2. The molecule has 0 heterocycles. The molecule has 26 heavy (non-hydrogen) atoms. The van der Waals surface area contributed by atoms with Crippen molar-refractivity contribution in [3.05, 3.63) is 59.1 Å². The monoisotopic (exact) mass is 376 g/mol. The van der Waals surface area contributed by atoms with Crippen molar-refractivity contribution in [2.45, 2.75) is 13.0 Å². The Morgan fingerprint density at radius 3 is 2.42 bits per heavy atom. The summed E-state index contributed by atoms with van der Waals surface area (Å²) in [6.07, 6.45) is 0. The fourth-order valence-corrected chi connectivity index (χ4v) is 2.43. The highest BCUT2D eigenvalue weighted by atomic mass is 35.5. The summed E-state index contributed by atoms with van der Waals surface area (Å²) in [5, 5.41) is 5.66. The second-order valence-corrected chi connectivity index (χ2v) is 5.87. The summed E-state index contributed by atoms with van der Waals surface area (Å²) < 4.78 is 10.8. The molecule has 2 rings (SSSR count). The van der Waals surface area contributed by atoms with Gasteiger partial charge in [-0.2, -0.15) is 0 Å². The van der Waals surface area contributed by atoms with E-state index < -0.39 is 11.9 Å². The van der Waals surface area contributed by atoms with E-state index in [0.717, 1.165) is 0 Å². The minimum absolute atomic E-state index is 0.275. The molecule has 1 unspecified atom stereocenters. The molecular weight excluding hydrogens is 356 g/mol. The Balaban J connectivity index is 1.77. The lowest BCUT2D eigenvalue weighted by Gasteiger charge is -2.15. The van der Waals surface area contributed by atoms with Gasteiger partial charge in [0.15, 0.2) is 11.5 Å². The number of halogens is 1. The first kappa shape index (κ1) is 19.6. The van der Waals surface area contributed by atoms with Crippen molar-refractivity contribution >= 4 is 23.4 Å². The first-order valence-corrected chi connectivity index (χ1v) is 8.49. The fraction of sp³-hybridized carbons (Fsp3) is 0.263. The quantitative estimate of drug-likeness (QED) is 0.694. The number of carbonyl (C=O) groups is 2. The molecule has 0 aliphatic rings. The van der Waals surface area contributed by atoms with E-state index in [9.17, 15) is 9.59 Å². The van der Waals surface area contributed by atoms with Crippen LogP contribution in [0.15, 0.2) is 48.5 Å². The van der Waals surface area contributed by atoms with Gasteiger partial charge < -0.3 is 20.1 Å². The smallest absolute Gasteiger partial charge is 0.253 e. The van der Waals surface area contributed by atoms with Gasteiger partial charge >= 0.3 is 0 Å². The first-order valence-electron chi connectivity index (χ1n) is 8.12. The maximum absolute atomic E-state index is 12.2. The lowest BCUT2D eigenvalue weighted by atomic mass is 10.2. The Morgan fingerprint density at radius 2 is 1.73 bits per heavy atom. The third-order valence-electron chi connectivity index (χ3n) is 3.59. The average molecular weight is 377 g/mol. The van der Waals surface area contributed by atoms with Gasteiger partial charge in [0.25, 0.3) is 5.91 Å². The van der Waals surface area contributed by atoms with Gasteiger partial charge in [0.1, 0.15) is 12.6 Å². The largest absolute Gasteiger partial charge is 0.493 e. The Labute approximate surface area is 157 Å². The summed E-state index contributed by atoms with van der Waals surface area (Å²) in [5.74, 6) is 0.515. The molecule has 0 radical (unpaired) electrons. The third-order valence-corrected chi connectivity index (χ3v) is 3.92. The molecule has 2 amide bonds. The Bertz CT molecular complexity index is 767. The van der Waals surface area contributed by atoms with Gasteiger partial charge in [-0.25, -0.2) is 0 Å². The van der Waals surface area contributed by atoms with Gasteiger partial charge in [-0.15, -0.1) is 0 Å². The molecule has 7 heteroatoms. The number of ether oxygens (including phenoxy) is 2. The molecule has 1 atom stereocenters. The van der Waals surface area contributed by atoms with E-state index in [1.807, 2.05) is 12.1 Å². The van der Waals surface area contributed by atoms with E-state index in [4.69, 9.17) is 21.1 Å². The van der Waals surface area contributed by atoms with Crippen LogP contribution in [0.3, 0.4) is 0 Å². The number of para-hydroxylation sites is 2. The molecular formula is C19H21ClN2O4. The van der Waals surface area contributed by atoms with Crippen LogP contribution in [0.5, 0.6) is 11.5 Å². The van der Waals surface area contributed by atoms with Gasteiger partial charge in [-0.1, -0.05) is 35.9 Å². The van der Waals surface area contributed by atoms with E-state index in [1.165, 1.54) is 0 Å². The van der Waals surface area contributed by atoms with E-state index >= 15 is 0 Å². The molecule has 6 nitrogen and oxygen atoms in total. The SMILES string of the molecule is COc1ccccc1OCCNC(=O)C(C)NC(=O)c1ccccc1Cl. The fourth-order valence-electron chi connectivity index (χ4n) is 2.21. The molecule has 0 fully saturated rings. The van der Waals surface area contributed by atoms with Crippen molar-refractivity contribution in [2.75, 3.05) is 20.3 Å². The molecule has 138 valence electrons. The van der Waals surface area contributed by atoms with Crippen LogP contribution in [-0.2, 0) is 4.79 Å². The number of hydrogen-bond acceptors (Lipinski definition) is 4. The van der Waals surface area contributed by atoms with Gasteiger partial charge in [-0.05, 0) is 31.2 Å². The zero-order chi connectivity index (χ0) is 18.9. The maximum atomic E-state index is 12.2. The van der Waals surface area contributed by atoms with E-state index in [1.54, 1.807) is 50.4 Å². The normalized spacial score (nSPS) is 11.3. The molecule has 2 aromatic carbocycles. The van der Waals surface area contributed by atoms with Crippen molar-refractivity contribution in [2.24, 2.45) is 0 Å². The zero-order valence-corrected chi connectivity index (χ0v) is 15.4. The maximum Gasteiger partial charge on any atom is 0.253 e. The molecule has 0 spiro atoms. The van der Waals surface area contributed by atoms with Crippen LogP contribution < -0.4 is 20.1 Å². The average Bonchev–Trinajstić information content (AvgIpc) is 2.65. The van der Waals surface area contributed by atoms with Crippen LogP contribution in [0.2, 0.25) is 5.02 Å². The zero-order valence-electron chi connectivity index (χ0n) is 14.6. The number of amides is 2. The van der Waals surface area contributed by atoms with Crippen LogP contribution in [0.4, 0.5) is 0 Å². The Morgan fingerprint density at radius 1 is 1.08 bits per heavy atom. The number of rotatable bonds is 8. The van der Waals surface area contributed by atoms with Crippen LogP contribution in [0.1, 0.15) is 17.3 Å². The van der Waals surface area contributed by atoms with Crippen LogP contribution in [-0.4, -0.2) is 38.1 Å². The number of nitrogens with one attached hydrogen (secondary N) is 2. The standard InChI is InChI=1S/C19H21ClN2O4/c1-13(22-19(24)14-7-3-4-8-15(14)20)18(23)21-11-12-26-17-10-6-5-9-16(17)25-2/h3-10,13H,11-12H2,1-2H3,(H,21,23)(H,22,24). The highest BCUT2D eigenvalue weighted by Gasteiger charge is 2.17. The van der Waals surface area contributed by atoms with Crippen molar-refractivity contribution in [1.29, 1.82) is 0 Å². The third kappa shape index (κ3) is 5.39. The number of benzene rings is 2. The van der Waals surface area contributed by atoms with Gasteiger partial charge in [0, 0.05) is 0 Å². The topological polar surface area (TPSA) is 76.7 Å². The minimum Gasteiger partial charge on any atom is -0.493 e. The van der Waals surface area contributed by atoms with Crippen molar-refractivity contribution in [3.63, 3.8) is 0 Å². The molecule has 0 aromatic heterocycles. The van der Waals surface area contributed by atoms with Crippen molar-refractivity contribution < 1.29 is 19.1 Å². The molecule has 0 saturated carbocycles. The second kappa shape index (κ2) is 9.68. The lowest BCUT2D eigenvalue weighted by Crippen LogP contribution is -2.45. The lowest BCUT2D eigenvalue weighted by molar-refractivity contribution is -0.122. The molecule has 2 N–H and O–H groups in total. The first-order chi connectivity index (χ1) is 12.5. The summed E-state index contributed by atoms with van der Waals surface area (Å²) in [7, 11) is 1.56. The van der Waals surface area contributed by atoms with Crippen molar-refractivity contribution in [1.82, 2.24) is 10.6 Å². The Kier molecular flexibility index (Phi) is 7.29. The number of methoxy groups -OCH3 is 1. The highest BCUT2D eigenvalue weighted by molar-refractivity contribution is 6.33. The predicted octanol–water partition coefficient (Wildman–Crippen LogP) is 2.66. The second-order valence-electron chi connectivity index (χ2n) is 5.47. The van der Waals surface area contributed by atoms with E-state index in [-0.39, 0.29) is 12.5 Å². The molecule has 2 aromatic rings. The van der Waals surface area contributed by atoms with Gasteiger partial charge in [-0.3, -0.25) is 9.59 Å². The molecule has 0 aliphatic carbocycles. The summed E-state index contributed by atoms with van der Waals surface area (Å²) in [5.41, 5.74) is 0.327. The summed E-state index contributed by atoms with van der Waals surface area (Å²) in [6.45, 7) is 2.17. The van der Waals surface area contributed by atoms with Gasteiger partial charge in [0.2, 0.25) is 5.91 Å². The van der Waals surface area contributed by atoms with Crippen LogP contribution >= 0.6 is 11.6 Å². The van der Waals surface area contributed by atoms with Crippen molar-refractivity contribution in [3.8, 4) is 11.5 Å². The summed E-state index contributed by atoms with van der Waals surface area (Å²) >= 11 is 5.98. The summed E-state index contributed by atoms with van der Waals surface area (Å²) in [6, 6.07) is 13.2. The molecule has 0 bridgehead atoms.